The van der Waals surface area contributed by atoms with E-state index in [2.05, 4.69) is 55.6 Å². The van der Waals surface area contributed by atoms with Crippen molar-refractivity contribution in [3.05, 3.63) is 48.7 Å². The summed E-state index contributed by atoms with van der Waals surface area (Å²) >= 11 is 0. The molecule has 1 aromatic heterocycles. The van der Waals surface area contributed by atoms with Crippen molar-refractivity contribution in [1.29, 1.82) is 0 Å². The van der Waals surface area contributed by atoms with Crippen LogP contribution < -0.4 is 50.3 Å². The average molecular weight is 702 g/mol. The van der Waals surface area contributed by atoms with Gasteiger partial charge in [0.15, 0.2) is 6.20 Å². The van der Waals surface area contributed by atoms with Crippen LogP contribution >= 0.6 is 0 Å². The Labute approximate surface area is 259 Å². The van der Waals surface area contributed by atoms with E-state index in [0.717, 1.165) is 39.7 Å². The fourth-order valence-electron chi connectivity index (χ4n) is 7.23. The maximum atomic E-state index is 12.0. The van der Waals surface area contributed by atoms with Crippen LogP contribution in [-0.4, -0.2) is 42.4 Å². The molecular formula is C32H50BrIN2O2. The standard InChI is InChI=1S/C32H50N2O2.BrH.HI/c1-5-7-8-9-10-11-12-13-14-20-34-21-18-26(25(6-2)24-34)22-31(34)32(35)28-17-19-33(3)30-16-15-27(36-4)23-29(28)30;;/h6,15-17,19,23,25-26,31-32,35H,2,5,7-14,18,20-22,24H2,1,3-4H3;2*1H/q+2;;/p-2/t25?,26?,31-,32-,34?;;/m0../s1. The fraction of sp³-hybridized carbons (Fsp3) is 0.656. The minimum atomic E-state index is -0.465. The van der Waals surface area contributed by atoms with Gasteiger partial charge in [-0.2, -0.15) is 0 Å². The molecule has 5 atom stereocenters. The van der Waals surface area contributed by atoms with Gasteiger partial charge in [-0.3, -0.25) is 0 Å². The molecule has 3 fully saturated rings. The van der Waals surface area contributed by atoms with Crippen molar-refractivity contribution in [2.24, 2.45) is 18.9 Å². The Hall–Kier alpha value is -0.700. The monoisotopic (exact) mass is 700 g/mol. The number of benzene rings is 1. The number of methoxy groups -OCH3 is 1. The fourth-order valence-corrected chi connectivity index (χ4v) is 7.23. The molecule has 4 heterocycles. The molecule has 3 aliphatic heterocycles. The van der Waals surface area contributed by atoms with E-state index in [0.29, 0.717) is 11.8 Å². The number of hydrogen-bond donors (Lipinski definition) is 1. The van der Waals surface area contributed by atoms with Crippen LogP contribution in [0.25, 0.3) is 10.9 Å². The molecule has 5 rings (SSSR count). The minimum Gasteiger partial charge on any atom is -1.00 e. The lowest BCUT2D eigenvalue weighted by atomic mass is 9.71. The van der Waals surface area contributed by atoms with Crippen molar-refractivity contribution < 1.29 is 59.9 Å². The summed E-state index contributed by atoms with van der Waals surface area (Å²) in [4.78, 5) is 0. The number of aliphatic hydroxyl groups is 1. The molecule has 3 unspecified atom stereocenters. The molecule has 0 spiro atoms. The van der Waals surface area contributed by atoms with Gasteiger partial charge in [-0.15, -0.1) is 6.58 Å². The predicted octanol–water partition coefficient (Wildman–Crippen LogP) is 0.656. The van der Waals surface area contributed by atoms with E-state index in [9.17, 15) is 5.11 Å². The molecule has 3 saturated heterocycles. The number of rotatable bonds is 14. The van der Waals surface area contributed by atoms with Crippen LogP contribution in [0.4, 0.5) is 0 Å². The van der Waals surface area contributed by atoms with Crippen molar-refractivity contribution in [1.82, 2.24) is 0 Å². The molecule has 0 aliphatic carbocycles. The van der Waals surface area contributed by atoms with Crippen LogP contribution in [0.1, 0.15) is 89.2 Å². The zero-order chi connectivity index (χ0) is 25.5. The molecule has 0 radical (unpaired) electrons. The first-order valence-electron chi connectivity index (χ1n) is 14.7. The third kappa shape index (κ3) is 7.52. The molecule has 2 bridgehead atoms. The first kappa shape index (κ1) is 33.5. The molecule has 0 amide bonds. The highest BCUT2D eigenvalue weighted by Gasteiger charge is 2.53. The van der Waals surface area contributed by atoms with Crippen LogP contribution in [0.15, 0.2) is 43.1 Å². The Morgan fingerprint density at radius 3 is 2.45 bits per heavy atom. The summed E-state index contributed by atoms with van der Waals surface area (Å²) in [6.07, 6.45) is 18.4. The summed E-state index contributed by atoms with van der Waals surface area (Å²) in [6.45, 7) is 10.0. The SMILES string of the molecule is C=CC1C[N+]2(CCCCCCCCCCC)CCC1C[C@H]2[C@@H](O)c1cc[n+](C)c2ccc(OC)cc12.[Br-].[I-]. The quantitative estimate of drug-likeness (QED) is 0.103. The van der Waals surface area contributed by atoms with Gasteiger partial charge in [-0.05, 0) is 30.9 Å². The number of hydrogen-bond acceptors (Lipinski definition) is 2. The summed E-state index contributed by atoms with van der Waals surface area (Å²) in [6, 6.07) is 8.61. The van der Waals surface area contributed by atoms with Crippen LogP contribution in [0, 0.1) is 11.8 Å². The van der Waals surface area contributed by atoms with Gasteiger partial charge < -0.3 is 55.3 Å². The summed E-state index contributed by atoms with van der Waals surface area (Å²) < 4.78 is 8.75. The molecule has 4 nitrogen and oxygen atoms in total. The van der Waals surface area contributed by atoms with Crippen molar-refractivity contribution >= 4 is 10.9 Å². The molecule has 3 aliphatic rings. The normalized spacial score (nSPS) is 24.9. The Bertz CT molecular complexity index is 1020. The summed E-state index contributed by atoms with van der Waals surface area (Å²) in [5, 5.41) is 13.1. The van der Waals surface area contributed by atoms with Crippen molar-refractivity contribution in [2.45, 2.75) is 89.7 Å². The lowest BCUT2D eigenvalue weighted by Crippen LogP contribution is -3.00. The van der Waals surface area contributed by atoms with Gasteiger partial charge in [0.25, 0.3) is 0 Å². The van der Waals surface area contributed by atoms with Crippen LogP contribution in [0.2, 0.25) is 0 Å². The number of nitrogens with zero attached hydrogens (tertiary/aromatic N) is 2. The highest BCUT2D eigenvalue weighted by atomic mass is 127. The molecule has 6 heteroatoms. The van der Waals surface area contributed by atoms with Crippen molar-refractivity contribution in [3.8, 4) is 5.75 Å². The lowest BCUT2D eigenvalue weighted by Gasteiger charge is -2.58. The topological polar surface area (TPSA) is 33.3 Å². The van der Waals surface area contributed by atoms with Gasteiger partial charge in [-0.25, -0.2) is 4.57 Å². The number of halogens is 2. The molecule has 1 N–H and O–H groups in total. The lowest BCUT2D eigenvalue weighted by molar-refractivity contribution is -0.973. The van der Waals surface area contributed by atoms with E-state index < -0.39 is 6.10 Å². The Morgan fingerprint density at radius 1 is 1.11 bits per heavy atom. The Kier molecular flexibility index (Phi) is 14.0. The second kappa shape index (κ2) is 15.9. The minimum absolute atomic E-state index is 0. The average Bonchev–Trinajstić information content (AvgIpc) is 2.91. The molecule has 38 heavy (non-hydrogen) atoms. The molecule has 1 aromatic carbocycles. The first-order chi connectivity index (χ1) is 17.5. The van der Waals surface area contributed by atoms with Crippen LogP contribution in [0.5, 0.6) is 5.75 Å². The Balaban J connectivity index is 0.00000253. The van der Waals surface area contributed by atoms with Crippen molar-refractivity contribution in [2.75, 3.05) is 26.7 Å². The van der Waals surface area contributed by atoms with Gasteiger partial charge in [0, 0.05) is 36.5 Å². The summed E-state index contributed by atoms with van der Waals surface area (Å²) in [5.74, 6) is 2.09. The second-order valence-electron chi connectivity index (χ2n) is 11.6. The zero-order valence-corrected chi connectivity index (χ0v) is 27.6. The van der Waals surface area contributed by atoms with Gasteiger partial charge in [0.1, 0.15) is 24.9 Å². The number of aliphatic hydroxyl groups excluding tert-OH is 1. The summed E-state index contributed by atoms with van der Waals surface area (Å²) in [5.41, 5.74) is 2.19. The second-order valence-corrected chi connectivity index (χ2v) is 11.6. The van der Waals surface area contributed by atoms with Gasteiger partial charge in [-0.1, -0.05) is 57.9 Å². The number of fused-ring (bicyclic) bond motifs is 4. The van der Waals surface area contributed by atoms with Gasteiger partial charge >= 0.3 is 0 Å². The third-order valence-corrected chi connectivity index (χ3v) is 9.44. The first-order valence-corrected chi connectivity index (χ1v) is 14.7. The van der Waals surface area contributed by atoms with Crippen LogP contribution in [-0.2, 0) is 7.05 Å². The highest BCUT2D eigenvalue weighted by molar-refractivity contribution is 5.81. The number of aromatic nitrogens is 1. The molecular weight excluding hydrogens is 651 g/mol. The number of pyridine rings is 1. The number of ether oxygens (including phenoxy) is 1. The number of aryl methyl sites for hydroxylation is 1. The maximum Gasteiger partial charge on any atom is 0.212 e. The van der Waals surface area contributed by atoms with Gasteiger partial charge in [0.2, 0.25) is 5.52 Å². The molecule has 2 aromatic rings. The smallest absolute Gasteiger partial charge is 0.212 e. The van der Waals surface area contributed by atoms with Gasteiger partial charge in [0.05, 0.1) is 32.1 Å². The predicted molar refractivity (Wildman–Crippen MR) is 149 cm³/mol. The zero-order valence-electron chi connectivity index (χ0n) is 23.9. The highest BCUT2D eigenvalue weighted by Crippen LogP contribution is 2.47. The van der Waals surface area contributed by atoms with E-state index >= 15 is 0 Å². The molecule has 0 saturated carbocycles. The molecule has 214 valence electrons. The van der Waals surface area contributed by atoms with E-state index in [-0.39, 0.29) is 47.0 Å². The maximum absolute atomic E-state index is 12.0. The van der Waals surface area contributed by atoms with Crippen LogP contribution in [0.3, 0.4) is 0 Å². The van der Waals surface area contributed by atoms with E-state index in [4.69, 9.17) is 4.74 Å². The Morgan fingerprint density at radius 2 is 1.79 bits per heavy atom. The third-order valence-electron chi connectivity index (χ3n) is 9.44. The summed E-state index contributed by atoms with van der Waals surface area (Å²) in [7, 11) is 3.79. The number of piperidine rings is 3. The largest absolute Gasteiger partial charge is 1.00 e. The number of unbranched alkanes of at least 4 members (excludes halogenated alkanes) is 8. The van der Waals surface area contributed by atoms with Crippen molar-refractivity contribution in [3.63, 3.8) is 0 Å². The number of quaternary nitrogens is 1. The van der Waals surface area contributed by atoms with E-state index in [1.807, 2.05) is 6.07 Å². The van der Waals surface area contributed by atoms with E-state index in [1.54, 1.807) is 7.11 Å². The van der Waals surface area contributed by atoms with E-state index in [1.165, 1.54) is 77.3 Å².